The first-order valence-electron chi connectivity index (χ1n) is 4.34. The number of ether oxygens (including phenoxy) is 2. The Hall–Kier alpha value is -2.04. The van der Waals surface area contributed by atoms with Crippen LogP contribution in [0, 0.1) is 0 Å². The quantitative estimate of drug-likeness (QED) is 0.433. The predicted octanol–water partition coefficient (Wildman–Crippen LogP) is 0.0939. The number of carbonyl (C=O) groups is 2. The molecule has 0 heterocycles. The molecule has 1 aromatic rings. The normalized spacial score (nSPS) is 9.33. The second-order valence-electron chi connectivity index (χ2n) is 2.66. The topological polar surface area (TPSA) is 78.6 Å². The molecule has 0 radical (unpaired) electrons. The van der Waals surface area contributed by atoms with Crippen LogP contribution in [0.4, 0.5) is 0 Å². The molecule has 0 aliphatic rings. The smallest absolute Gasteiger partial charge is 0.396 e. The number of esters is 1. The van der Waals surface area contributed by atoms with Gasteiger partial charge in [-0.2, -0.15) is 0 Å². The number of nitrogens with two attached hydrogens (primary N) is 1. The van der Waals surface area contributed by atoms with Gasteiger partial charge in [0.15, 0.2) is 0 Å². The average molecular weight is 209 g/mol. The first-order chi connectivity index (χ1) is 7.20. The molecule has 0 saturated carbocycles. The molecule has 0 aromatic heterocycles. The van der Waals surface area contributed by atoms with Gasteiger partial charge in [0, 0.05) is 0 Å². The SMILES string of the molecule is NC(=O)C(=O)OCCOc1ccccc1. The summed E-state index contributed by atoms with van der Waals surface area (Å²) in [6, 6.07) is 9.06. The number of amides is 1. The third kappa shape index (κ3) is 4.12. The van der Waals surface area contributed by atoms with Gasteiger partial charge < -0.3 is 15.2 Å². The number of carbonyl (C=O) groups excluding carboxylic acids is 2. The van der Waals surface area contributed by atoms with E-state index >= 15 is 0 Å². The molecule has 0 aliphatic carbocycles. The van der Waals surface area contributed by atoms with E-state index < -0.39 is 11.9 Å². The molecule has 0 unspecified atom stereocenters. The highest BCUT2D eigenvalue weighted by Gasteiger charge is 2.09. The highest BCUT2D eigenvalue weighted by molar-refractivity contribution is 6.31. The van der Waals surface area contributed by atoms with Crippen LogP contribution in [-0.4, -0.2) is 25.1 Å². The van der Waals surface area contributed by atoms with Gasteiger partial charge in [0.25, 0.3) is 0 Å². The van der Waals surface area contributed by atoms with Gasteiger partial charge >= 0.3 is 11.9 Å². The van der Waals surface area contributed by atoms with Gasteiger partial charge in [-0.1, -0.05) is 18.2 Å². The van der Waals surface area contributed by atoms with Gasteiger partial charge in [0.1, 0.15) is 19.0 Å². The summed E-state index contributed by atoms with van der Waals surface area (Å²) >= 11 is 0. The van der Waals surface area contributed by atoms with Crippen LogP contribution in [0.1, 0.15) is 0 Å². The second-order valence-corrected chi connectivity index (χ2v) is 2.66. The van der Waals surface area contributed by atoms with E-state index in [1.54, 1.807) is 12.1 Å². The van der Waals surface area contributed by atoms with Gasteiger partial charge in [-0.15, -0.1) is 0 Å². The summed E-state index contributed by atoms with van der Waals surface area (Å²) in [5.74, 6) is -1.48. The van der Waals surface area contributed by atoms with Crippen LogP contribution in [0.2, 0.25) is 0 Å². The number of hydrogen-bond donors (Lipinski definition) is 1. The Morgan fingerprint density at radius 3 is 2.40 bits per heavy atom. The number of benzene rings is 1. The van der Waals surface area contributed by atoms with Crippen molar-refractivity contribution in [2.75, 3.05) is 13.2 Å². The highest BCUT2D eigenvalue weighted by atomic mass is 16.6. The maximum atomic E-state index is 10.6. The molecule has 1 rings (SSSR count). The lowest BCUT2D eigenvalue weighted by atomic mass is 10.3. The summed E-state index contributed by atoms with van der Waals surface area (Å²) in [5.41, 5.74) is 4.68. The Morgan fingerprint density at radius 1 is 1.13 bits per heavy atom. The molecule has 5 heteroatoms. The van der Waals surface area contributed by atoms with Crippen LogP contribution in [0.3, 0.4) is 0 Å². The van der Waals surface area contributed by atoms with E-state index in [2.05, 4.69) is 10.5 Å². The zero-order valence-electron chi connectivity index (χ0n) is 8.01. The standard InChI is InChI=1S/C10H11NO4/c11-9(12)10(13)15-7-6-14-8-4-2-1-3-5-8/h1-5H,6-7H2,(H2,11,12). The van der Waals surface area contributed by atoms with Crippen molar-refractivity contribution >= 4 is 11.9 Å². The summed E-state index contributed by atoms with van der Waals surface area (Å²) in [4.78, 5) is 20.9. The molecule has 0 spiro atoms. The minimum absolute atomic E-state index is 0.00331. The predicted molar refractivity (Wildman–Crippen MR) is 52.1 cm³/mol. The van der Waals surface area contributed by atoms with Gasteiger partial charge in [0.2, 0.25) is 0 Å². The van der Waals surface area contributed by atoms with Crippen molar-refractivity contribution in [2.45, 2.75) is 0 Å². The van der Waals surface area contributed by atoms with Gasteiger partial charge in [0.05, 0.1) is 0 Å². The zero-order valence-corrected chi connectivity index (χ0v) is 8.01. The molecule has 2 N–H and O–H groups in total. The fourth-order valence-electron chi connectivity index (χ4n) is 0.882. The lowest BCUT2D eigenvalue weighted by molar-refractivity contribution is -0.153. The summed E-state index contributed by atoms with van der Waals surface area (Å²) in [5, 5.41) is 0. The maximum absolute atomic E-state index is 10.6. The second kappa shape index (κ2) is 5.64. The number of primary amides is 1. The van der Waals surface area contributed by atoms with Crippen molar-refractivity contribution in [3.05, 3.63) is 30.3 Å². The fourth-order valence-corrected chi connectivity index (χ4v) is 0.882. The summed E-state index contributed by atoms with van der Waals surface area (Å²) in [6.45, 7) is 0.180. The van der Waals surface area contributed by atoms with Crippen LogP contribution < -0.4 is 10.5 Å². The largest absolute Gasteiger partial charge is 0.490 e. The van der Waals surface area contributed by atoms with Gasteiger partial charge in [-0.3, -0.25) is 4.79 Å². The minimum atomic E-state index is -1.10. The van der Waals surface area contributed by atoms with E-state index in [9.17, 15) is 9.59 Å². The van der Waals surface area contributed by atoms with Gasteiger partial charge in [-0.25, -0.2) is 4.79 Å². The van der Waals surface area contributed by atoms with Crippen LogP contribution in [-0.2, 0) is 14.3 Å². The van der Waals surface area contributed by atoms with Crippen molar-refractivity contribution in [2.24, 2.45) is 5.73 Å². The van der Waals surface area contributed by atoms with E-state index in [0.717, 1.165) is 0 Å². The maximum Gasteiger partial charge on any atom is 0.396 e. The third-order valence-electron chi connectivity index (χ3n) is 1.53. The first kappa shape index (κ1) is 11.0. The summed E-state index contributed by atoms with van der Waals surface area (Å²) < 4.78 is 9.69. The molecule has 0 fully saturated rings. The van der Waals surface area contributed by atoms with E-state index in [1.807, 2.05) is 18.2 Å². The summed E-state index contributed by atoms with van der Waals surface area (Å²) in [6.07, 6.45) is 0. The number of para-hydroxylation sites is 1. The molecule has 1 amide bonds. The monoisotopic (exact) mass is 209 g/mol. The van der Waals surface area contributed by atoms with E-state index in [1.165, 1.54) is 0 Å². The highest BCUT2D eigenvalue weighted by Crippen LogP contribution is 2.07. The lowest BCUT2D eigenvalue weighted by Crippen LogP contribution is -2.26. The number of hydrogen-bond acceptors (Lipinski definition) is 4. The Labute approximate surface area is 86.8 Å². The molecular weight excluding hydrogens is 198 g/mol. The van der Waals surface area contributed by atoms with Crippen LogP contribution >= 0.6 is 0 Å². The first-order valence-corrected chi connectivity index (χ1v) is 4.34. The van der Waals surface area contributed by atoms with Gasteiger partial charge in [-0.05, 0) is 12.1 Å². The van der Waals surface area contributed by atoms with E-state index in [0.29, 0.717) is 5.75 Å². The molecule has 0 atom stereocenters. The Bertz CT molecular complexity index is 337. The molecule has 1 aromatic carbocycles. The lowest BCUT2D eigenvalue weighted by Gasteiger charge is -2.05. The summed E-state index contributed by atoms with van der Waals surface area (Å²) in [7, 11) is 0. The molecule has 0 bridgehead atoms. The van der Waals surface area contributed by atoms with E-state index in [-0.39, 0.29) is 13.2 Å². The molecule has 5 nitrogen and oxygen atoms in total. The average Bonchev–Trinajstić information content (AvgIpc) is 2.25. The third-order valence-corrected chi connectivity index (χ3v) is 1.53. The Kier molecular flexibility index (Phi) is 4.15. The van der Waals surface area contributed by atoms with E-state index in [4.69, 9.17) is 4.74 Å². The Balaban J connectivity index is 2.18. The minimum Gasteiger partial charge on any atom is -0.490 e. The Morgan fingerprint density at radius 2 is 1.80 bits per heavy atom. The zero-order chi connectivity index (χ0) is 11.1. The molecule has 0 aliphatic heterocycles. The van der Waals surface area contributed by atoms with Crippen molar-refractivity contribution in [3.63, 3.8) is 0 Å². The molecule has 0 saturated heterocycles. The molecule has 15 heavy (non-hydrogen) atoms. The van der Waals surface area contributed by atoms with Crippen molar-refractivity contribution < 1.29 is 19.1 Å². The fraction of sp³-hybridized carbons (Fsp3) is 0.200. The van der Waals surface area contributed by atoms with Crippen molar-refractivity contribution in [1.82, 2.24) is 0 Å². The number of rotatable bonds is 4. The van der Waals surface area contributed by atoms with Crippen LogP contribution in [0.25, 0.3) is 0 Å². The van der Waals surface area contributed by atoms with Crippen molar-refractivity contribution in [1.29, 1.82) is 0 Å². The van der Waals surface area contributed by atoms with Crippen molar-refractivity contribution in [3.8, 4) is 5.75 Å². The van der Waals surface area contributed by atoms with Crippen LogP contribution in [0.15, 0.2) is 30.3 Å². The molecular formula is C10H11NO4. The van der Waals surface area contributed by atoms with Crippen LogP contribution in [0.5, 0.6) is 5.75 Å². The molecule has 80 valence electrons.